The monoisotopic (exact) mass is 435 g/mol. The Kier molecular flexibility index (Phi) is 6.94. The third kappa shape index (κ3) is 5.70. The number of aryl methyl sites for hydroxylation is 1. The van der Waals surface area contributed by atoms with Crippen molar-refractivity contribution in [3.8, 4) is 5.75 Å². The maximum atomic E-state index is 12.7. The highest BCUT2D eigenvalue weighted by Gasteiger charge is 2.15. The van der Waals surface area contributed by atoms with Crippen molar-refractivity contribution in [1.29, 1.82) is 0 Å². The molecule has 1 N–H and O–H groups in total. The molecular formula is C24H25N3O3S. The van der Waals surface area contributed by atoms with E-state index in [1.807, 2.05) is 71.4 Å². The maximum absolute atomic E-state index is 12.7. The largest absolute Gasteiger partial charge is 0.494 e. The lowest BCUT2D eigenvalue weighted by molar-refractivity contribution is -0.116. The Morgan fingerprint density at radius 2 is 2.03 bits per heavy atom. The lowest BCUT2D eigenvalue weighted by atomic mass is 10.0. The molecule has 1 unspecified atom stereocenters. The number of allylic oxidation sites excluding steroid dienone is 1. The second-order valence-corrected chi connectivity index (χ2v) is 8.76. The van der Waals surface area contributed by atoms with Gasteiger partial charge < -0.3 is 14.6 Å². The Morgan fingerprint density at radius 3 is 2.90 bits per heavy atom. The first-order chi connectivity index (χ1) is 15.2. The van der Waals surface area contributed by atoms with Crippen LogP contribution >= 0.6 is 0 Å². The molecule has 2 aromatic carbocycles. The fraction of sp³-hybridized carbons (Fsp3) is 0.250. The van der Waals surface area contributed by atoms with Gasteiger partial charge in [0.15, 0.2) is 5.16 Å². The zero-order valence-corrected chi connectivity index (χ0v) is 18.0. The van der Waals surface area contributed by atoms with Crippen LogP contribution in [-0.4, -0.2) is 32.0 Å². The molecule has 160 valence electrons. The number of nitrogens with one attached hydrogen (secondary N) is 1. The van der Waals surface area contributed by atoms with E-state index in [4.69, 9.17) is 4.74 Å². The van der Waals surface area contributed by atoms with Crippen molar-refractivity contribution in [3.05, 3.63) is 78.1 Å². The summed E-state index contributed by atoms with van der Waals surface area (Å²) in [6.07, 6.45) is 9.51. The SMILES string of the molecule is O=C1CCc2cc(OCCCS(=O)c3nccn3C/C=C/c3ccccc3)ccc2N1. The number of nitrogens with zero attached hydrogens (tertiary/aromatic N) is 2. The quantitative estimate of drug-likeness (QED) is 0.515. The van der Waals surface area contributed by atoms with E-state index in [-0.39, 0.29) is 5.91 Å². The average molecular weight is 436 g/mol. The highest BCUT2D eigenvalue weighted by atomic mass is 32.2. The summed E-state index contributed by atoms with van der Waals surface area (Å²) in [7, 11) is -1.19. The lowest BCUT2D eigenvalue weighted by Crippen LogP contribution is -2.18. The van der Waals surface area contributed by atoms with Crippen LogP contribution in [0.5, 0.6) is 5.75 Å². The van der Waals surface area contributed by atoms with Crippen molar-refractivity contribution in [2.45, 2.75) is 31.0 Å². The van der Waals surface area contributed by atoms with E-state index in [0.717, 1.165) is 29.0 Å². The van der Waals surface area contributed by atoms with Gasteiger partial charge in [0.25, 0.3) is 0 Å². The number of amides is 1. The molecule has 0 fully saturated rings. The van der Waals surface area contributed by atoms with Crippen LogP contribution < -0.4 is 10.1 Å². The van der Waals surface area contributed by atoms with E-state index in [9.17, 15) is 9.00 Å². The molecule has 0 bridgehead atoms. The van der Waals surface area contributed by atoms with E-state index in [1.54, 1.807) is 6.20 Å². The van der Waals surface area contributed by atoms with Crippen LogP contribution in [0.1, 0.15) is 24.0 Å². The second-order valence-electron chi connectivity index (χ2n) is 7.29. The van der Waals surface area contributed by atoms with Crippen LogP contribution in [-0.2, 0) is 28.6 Å². The minimum atomic E-state index is -1.19. The summed E-state index contributed by atoms with van der Waals surface area (Å²) in [5, 5.41) is 3.45. The Morgan fingerprint density at radius 1 is 1.16 bits per heavy atom. The lowest BCUT2D eigenvalue weighted by Gasteiger charge is -2.17. The third-order valence-electron chi connectivity index (χ3n) is 5.01. The molecule has 3 aromatic rings. The van der Waals surface area contributed by atoms with Gasteiger partial charge in [-0.15, -0.1) is 0 Å². The Labute approximate surface area is 184 Å². The van der Waals surface area contributed by atoms with Gasteiger partial charge in [0.2, 0.25) is 5.91 Å². The van der Waals surface area contributed by atoms with Crippen molar-refractivity contribution in [2.24, 2.45) is 0 Å². The highest BCUT2D eigenvalue weighted by molar-refractivity contribution is 7.84. The van der Waals surface area contributed by atoms with Crippen molar-refractivity contribution in [1.82, 2.24) is 9.55 Å². The zero-order valence-electron chi connectivity index (χ0n) is 17.2. The van der Waals surface area contributed by atoms with Gasteiger partial charge in [-0.25, -0.2) is 4.98 Å². The van der Waals surface area contributed by atoms with E-state index in [1.165, 1.54) is 0 Å². The highest BCUT2D eigenvalue weighted by Crippen LogP contribution is 2.26. The predicted octanol–water partition coefficient (Wildman–Crippen LogP) is 4.06. The number of fused-ring (bicyclic) bond motifs is 1. The standard InChI is InChI=1S/C24H25N3O3S/c28-23-12-9-20-18-21(10-11-22(20)26-23)30-16-5-17-31(29)24-25-13-15-27(24)14-4-8-19-6-2-1-3-7-19/h1-4,6-8,10-11,13,15,18H,5,9,12,14,16-17H2,(H,26,28)/b8-4+. The van der Waals surface area contributed by atoms with Crippen LogP contribution in [0.3, 0.4) is 0 Å². The normalized spacial score (nSPS) is 14.3. The summed E-state index contributed by atoms with van der Waals surface area (Å²) < 4.78 is 20.4. The molecule has 1 atom stereocenters. The summed E-state index contributed by atoms with van der Waals surface area (Å²) in [6.45, 7) is 1.10. The van der Waals surface area contributed by atoms with E-state index in [2.05, 4.69) is 10.3 Å². The summed E-state index contributed by atoms with van der Waals surface area (Å²) >= 11 is 0. The summed E-state index contributed by atoms with van der Waals surface area (Å²) in [4.78, 5) is 15.7. The van der Waals surface area contributed by atoms with Crippen molar-refractivity contribution >= 4 is 28.5 Å². The molecule has 0 saturated heterocycles. The predicted molar refractivity (Wildman–Crippen MR) is 122 cm³/mol. The average Bonchev–Trinajstić information content (AvgIpc) is 3.26. The molecule has 1 aliphatic heterocycles. The number of aromatic nitrogens is 2. The van der Waals surface area contributed by atoms with Gasteiger partial charge >= 0.3 is 0 Å². The van der Waals surface area contributed by atoms with E-state index in [0.29, 0.717) is 36.9 Å². The first kappa shape index (κ1) is 21.1. The van der Waals surface area contributed by atoms with Gasteiger partial charge in [-0.1, -0.05) is 42.5 Å². The molecule has 0 saturated carbocycles. The number of hydrogen-bond donors (Lipinski definition) is 1. The molecule has 0 spiro atoms. The molecule has 1 amide bonds. The molecule has 4 rings (SSSR count). The van der Waals surface area contributed by atoms with Crippen LogP contribution in [0.25, 0.3) is 6.08 Å². The molecule has 0 radical (unpaired) electrons. The van der Waals surface area contributed by atoms with Gasteiger partial charge in [-0.3, -0.25) is 9.00 Å². The zero-order chi connectivity index (χ0) is 21.5. The van der Waals surface area contributed by atoms with Gasteiger partial charge in [0.1, 0.15) is 5.75 Å². The smallest absolute Gasteiger partial charge is 0.224 e. The van der Waals surface area contributed by atoms with Gasteiger partial charge in [-0.05, 0) is 42.2 Å². The number of imidazole rings is 1. The topological polar surface area (TPSA) is 73.2 Å². The molecule has 1 aliphatic rings. The van der Waals surface area contributed by atoms with Crippen LogP contribution in [0.15, 0.2) is 72.2 Å². The van der Waals surface area contributed by atoms with Crippen LogP contribution in [0, 0.1) is 0 Å². The van der Waals surface area contributed by atoms with Crippen LogP contribution in [0.4, 0.5) is 5.69 Å². The molecule has 31 heavy (non-hydrogen) atoms. The number of carbonyl (C=O) groups is 1. The first-order valence-corrected chi connectivity index (χ1v) is 11.7. The van der Waals surface area contributed by atoms with Gasteiger partial charge in [0, 0.05) is 36.8 Å². The number of rotatable bonds is 9. The molecule has 7 heteroatoms. The number of benzene rings is 2. The van der Waals surface area contributed by atoms with E-state index >= 15 is 0 Å². The fourth-order valence-corrected chi connectivity index (χ4v) is 4.57. The Balaban J connectivity index is 1.25. The Hall–Kier alpha value is -3.19. The van der Waals surface area contributed by atoms with Crippen molar-refractivity contribution in [3.63, 3.8) is 0 Å². The Bertz CT molecular complexity index is 1090. The molecule has 6 nitrogen and oxygen atoms in total. The number of anilines is 1. The summed E-state index contributed by atoms with van der Waals surface area (Å²) in [5.41, 5.74) is 3.08. The second kappa shape index (κ2) is 10.2. The minimum Gasteiger partial charge on any atom is -0.494 e. The minimum absolute atomic E-state index is 0.0533. The number of hydrogen-bond acceptors (Lipinski definition) is 4. The first-order valence-electron chi connectivity index (χ1n) is 10.4. The molecule has 0 aliphatic carbocycles. The number of carbonyl (C=O) groups excluding carboxylic acids is 1. The molecule has 1 aromatic heterocycles. The van der Waals surface area contributed by atoms with Gasteiger partial charge in [-0.2, -0.15) is 0 Å². The summed E-state index contributed by atoms with van der Waals surface area (Å²) in [5.74, 6) is 1.31. The maximum Gasteiger partial charge on any atom is 0.224 e. The van der Waals surface area contributed by atoms with Crippen molar-refractivity contribution in [2.75, 3.05) is 17.7 Å². The van der Waals surface area contributed by atoms with Gasteiger partial charge in [0.05, 0.1) is 17.4 Å². The van der Waals surface area contributed by atoms with Crippen LogP contribution in [0.2, 0.25) is 0 Å². The summed E-state index contributed by atoms with van der Waals surface area (Å²) in [6, 6.07) is 15.8. The van der Waals surface area contributed by atoms with E-state index < -0.39 is 10.8 Å². The fourth-order valence-electron chi connectivity index (χ4n) is 3.43. The molecule has 2 heterocycles. The third-order valence-corrected chi connectivity index (χ3v) is 6.41. The number of ether oxygens (including phenoxy) is 1. The molecular weight excluding hydrogens is 410 g/mol. The van der Waals surface area contributed by atoms with Crippen molar-refractivity contribution < 1.29 is 13.7 Å².